The fourth-order valence-electron chi connectivity index (χ4n) is 4.38. The van der Waals surface area contributed by atoms with Crippen LogP contribution in [0.4, 0.5) is 5.69 Å². The van der Waals surface area contributed by atoms with E-state index in [1.165, 1.54) is 23.1 Å². The monoisotopic (exact) mass is 548 g/mol. The van der Waals surface area contributed by atoms with Gasteiger partial charge in [-0.1, -0.05) is 35.9 Å². The average Bonchev–Trinajstić information content (AvgIpc) is 3.20. The third-order valence-corrected chi connectivity index (χ3v) is 8.59. The number of esters is 1. The molecule has 3 amide bonds. The van der Waals surface area contributed by atoms with Crippen molar-refractivity contribution in [3.05, 3.63) is 101 Å². The van der Waals surface area contributed by atoms with Gasteiger partial charge in [0.15, 0.2) is 0 Å². The number of fused-ring (bicyclic) bond motifs is 2. The van der Waals surface area contributed by atoms with Crippen LogP contribution in [-0.2, 0) is 30.4 Å². The Morgan fingerprint density at radius 2 is 1.63 bits per heavy atom. The van der Waals surface area contributed by atoms with Gasteiger partial charge in [0.2, 0.25) is 0 Å². The van der Waals surface area contributed by atoms with Crippen LogP contribution in [0.5, 0.6) is 0 Å². The van der Waals surface area contributed by atoms with E-state index in [0.29, 0.717) is 14.8 Å². The van der Waals surface area contributed by atoms with Gasteiger partial charge in [0.05, 0.1) is 34.8 Å². The van der Waals surface area contributed by atoms with Gasteiger partial charge >= 0.3 is 5.97 Å². The minimum atomic E-state index is -3.12. The van der Waals surface area contributed by atoms with E-state index in [0.717, 1.165) is 22.6 Å². The van der Waals surface area contributed by atoms with E-state index in [4.69, 9.17) is 16.3 Å². The molecule has 5 rings (SSSR count). The van der Waals surface area contributed by atoms with Gasteiger partial charge in [-0.3, -0.25) is 23.5 Å². The number of halogens is 1. The van der Waals surface area contributed by atoms with Gasteiger partial charge in [-0.05, 0) is 53.9 Å². The molecule has 0 bridgehead atoms. The Morgan fingerprint density at radius 1 is 0.895 bits per heavy atom. The molecule has 0 aromatic heterocycles. The summed E-state index contributed by atoms with van der Waals surface area (Å²) in [5, 5.41) is 0.494. The molecule has 2 aliphatic heterocycles. The normalized spacial score (nSPS) is 18.3. The molecule has 192 valence electrons. The molecule has 0 spiro atoms. The highest BCUT2D eigenvalue weighted by Gasteiger charge is 2.33. The Hall–Kier alpha value is -4.21. The van der Waals surface area contributed by atoms with Crippen LogP contribution in [0.15, 0.2) is 88.7 Å². The highest BCUT2D eigenvalue weighted by molar-refractivity contribution is 8.00. The number of imide groups is 1. The predicted octanol–water partition coefficient (Wildman–Crippen LogP) is 3.72. The van der Waals surface area contributed by atoms with Crippen LogP contribution in [0, 0.1) is 0 Å². The zero-order valence-corrected chi connectivity index (χ0v) is 21.5. The molecule has 0 radical (unpaired) electrons. The fourth-order valence-corrected chi connectivity index (χ4v) is 6.43. The number of amides is 3. The lowest BCUT2D eigenvalue weighted by atomic mass is 10.1. The number of hydrogen-bond donors (Lipinski definition) is 0. The van der Waals surface area contributed by atoms with E-state index in [1.807, 2.05) is 6.07 Å². The molecule has 3 aromatic carbocycles. The lowest BCUT2D eigenvalue weighted by molar-refractivity contribution is -0.137. The van der Waals surface area contributed by atoms with Crippen molar-refractivity contribution in [1.29, 1.82) is 0 Å². The van der Waals surface area contributed by atoms with Crippen LogP contribution in [0.1, 0.15) is 26.3 Å². The zero-order valence-electron chi connectivity index (χ0n) is 20.0. The van der Waals surface area contributed by atoms with Crippen molar-refractivity contribution in [1.82, 2.24) is 4.90 Å². The first-order valence-corrected chi connectivity index (χ1v) is 13.6. The Kier molecular flexibility index (Phi) is 6.64. The number of carbonyl (C=O) groups is 4. The Balaban J connectivity index is 1.51. The Labute approximate surface area is 224 Å². The molecule has 2 heterocycles. The number of carbonyl (C=O) groups excluding carboxylic acids is 4. The third kappa shape index (κ3) is 4.62. The Bertz CT molecular complexity index is 1630. The number of ether oxygens (including phenoxy) is 1. The van der Waals surface area contributed by atoms with Crippen LogP contribution in [0.3, 0.4) is 0 Å². The molecule has 10 heteroatoms. The first-order chi connectivity index (χ1) is 18.2. The number of hydrogen-bond acceptors (Lipinski definition) is 6. The molecule has 3 aromatic rings. The Morgan fingerprint density at radius 3 is 2.37 bits per heavy atom. The third-order valence-electron chi connectivity index (χ3n) is 6.24. The predicted molar refractivity (Wildman–Crippen MR) is 143 cm³/mol. The number of benzene rings is 3. The number of rotatable bonds is 6. The fraction of sp³-hybridized carbons (Fsp3) is 0.107. The van der Waals surface area contributed by atoms with Gasteiger partial charge < -0.3 is 9.64 Å². The lowest BCUT2D eigenvalue weighted by Gasteiger charge is -2.24. The summed E-state index contributed by atoms with van der Waals surface area (Å²) in [5.41, 5.74) is 1.34. The summed E-state index contributed by atoms with van der Waals surface area (Å²) in [6.07, 6.45) is 2.30. The van der Waals surface area contributed by atoms with E-state index in [1.54, 1.807) is 42.5 Å². The molecule has 0 saturated heterocycles. The van der Waals surface area contributed by atoms with Gasteiger partial charge in [0.25, 0.3) is 17.7 Å². The molecular weight excluding hydrogens is 528 g/mol. The molecule has 2 aliphatic rings. The maximum absolute atomic E-state index is 14.0. The second-order valence-corrected chi connectivity index (χ2v) is 11.3. The molecule has 38 heavy (non-hydrogen) atoms. The summed E-state index contributed by atoms with van der Waals surface area (Å²) < 4.78 is 19.3. The van der Waals surface area contributed by atoms with Gasteiger partial charge in [-0.15, -0.1) is 0 Å². The van der Waals surface area contributed by atoms with Crippen LogP contribution in [0.2, 0.25) is 5.02 Å². The highest BCUT2D eigenvalue weighted by atomic mass is 35.5. The average molecular weight is 549 g/mol. The molecule has 0 N–H and O–H groups in total. The van der Waals surface area contributed by atoms with Crippen molar-refractivity contribution < 1.29 is 28.1 Å². The van der Waals surface area contributed by atoms with Gasteiger partial charge in [0, 0.05) is 31.6 Å². The van der Waals surface area contributed by atoms with Gasteiger partial charge in [0.1, 0.15) is 6.61 Å². The molecule has 8 nitrogen and oxygen atoms in total. The van der Waals surface area contributed by atoms with Crippen LogP contribution < -0.4 is 4.90 Å². The van der Waals surface area contributed by atoms with Crippen LogP contribution in [-0.4, -0.2) is 51.8 Å². The number of anilines is 1. The van der Waals surface area contributed by atoms with Crippen molar-refractivity contribution >= 4 is 56.4 Å². The topological polar surface area (TPSA) is 101 Å². The standard InChI is InChI=1S/C28H21ClN2O6S/c1-38(36)23-8-3-2-7-21(23)27(34)31(17-18-5-4-6-20(29)15-18)22-16-19(9-10-24(22)38)28(35)37-14-13-30-25(32)11-12-26(30)33/h2-12,15-16H,1,13-14,17H2. The second-order valence-electron chi connectivity index (χ2n) is 8.67. The van der Waals surface area contributed by atoms with E-state index in [-0.39, 0.29) is 36.5 Å². The van der Waals surface area contributed by atoms with E-state index < -0.39 is 33.2 Å². The largest absolute Gasteiger partial charge is 0.460 e. The van der Waals surface area contributed by atoms with E-state index in [9.17, 15) is 23.4 Å². The summed E-state index contributed by atoms with van der Waals surface area (Å²) >= 11 is 6.17. The minimum absolute atomic E-state index is 0.0945. The maximum atomic E-state index is 14.0. The van der Waals surface area contributed by atoms with Crippen molar-refractivity contribution in [2.75, 3.05) is 18.1 Å². The summed E-state index contributed by atoms with van der Waals surface area (Å²) in [4.78, 5) is 53.1. The van der Waals surface area contributed by atoms with Crippen molar-refractivity contribution in [2.45, 2.75) is 16.3 Å². The second kappa shape index (κ2) is 9.92. The molecular formula is C28H21ClN2O6S. The SMILES string of the molecule is C=S1(=O)c2ccccc2C(=O)N(Cc2cccc(Cl)c2)c2cc(C(=O)OCCN3C(=O)C=CC3=O)ccc21. The van der Waals surface area contributed by atoms with Gasteiger partial charge in [-0.25, -0.2) is 4.79 Å². The van der Waals surface area contributed by atoms with Crippen molar-refractivity contribution in [3.63, 3.8) is 0 Å². The molecule has 0 aliphatic carbocycles. The van der Waals surface area contributed by atoms with Crippen LogP contribution >= 0.6 is 11.6 Å². The highest BCUT2D eigenvalue weighted by Crippen LogP contribution is 2.38. The minimum Gasteiger partial charge on any atom is -0.460 e. The van der Waals surface area contributed by atoms with E-state index >= 15 is 0 Å². The quantitative estimate of drug-likeness (QED) is 0.264. The van der Waals surface area contributed by atoms with Gasteiger partial charge in [-0.2, -0.15) is 0 Å². The van der Waals surface area contributed by atoms with Crippen LogP contribution in [0.25, 0.3) is 0 Å². The molecule has 0 fully saturated rings. The van der Waals surface area contributed by atoms with Crippen molar-refractivity contribution in [3.8, 4) is 0 Å². The lowest BCUT2D eigenvalue weighted by Crippen LogP contribution is -2.33. The first-order valence-electron chi connectivity index (χ1n) is 11.5. The maximum Gasteiger partial charge on any atom is 0.338 e. The summed E-state index contributed by atoms with van der Waals surface area (Å²) in [5.74, 6) is 1.90. The first kappa shape index (κ1) is 25.4. The van der Waals surface area contributed by atoms with Crippen molar-refractivity contribution in [2.24, 2.45) is 0 Å². The molecule has 1 unspecified atom stereocenters. The molecule has 0 saturated carbocycles. The zero-order chi connectivity index (χ0) is 27.0. The number of nitrogens with zero attached hydrogens (tertiary/aromatic N) is 2. The summed E-state index contributed by atoms with van der Waals surface area (Å²) in [6.45, 7) is -0.207. The van der Waals surface area contributed by atoms with E-state index in [2.05, 4.69) is 5.87 Å². The molecule has 1 atom stereocenters. The smallest absolute Gasteiger partial charge is 0.338 e. The summed E-state index contributed by atoms with van der Waals surface area (Å²) in [6, 6.07) is 18.0. The summed E-state index contributed by atoms with van der Waals surface area (Å²) in [7, 11) is -3.12.